The number of phenols is 1. The van der Waals surface area contributed by atoms with Gasteiger partial charge in [-0.05, 0) is 42.2 Å². The molecule has 0 aliphatic carbocycles. The Balaban J connectivity index is 2.04. The van der Waals surface area contributed by atoms with Crippen molar-refractivity contribution in [1.29, 1.82) is 0 Å². The maximum Gasteiger partial charge on any atom is 0.255 e. The molecule has 0 atom stereocenters. The van der Waals surface area contributed by atoms with E-state index >= 15 is 0 Å². The van der Waals surface area contributed by atoms with Crippen molar-refractivity contribution in [3.63, 3.8) is 0 Å². The normalized spacial score (nSPS) is 11.3. The summed E-state index contributed by atoms with van der Waals surface area (Å²) in [5, 5.41) is 12.8. The largest absolute Gasteiger partial charge is 0.507 e. The number of sulfone groups is 1. The molecule has 5 nitrogen and oxygen atoms in total. The lowest BCUT2D eigenvalue weighted by Crippen LogP contribution is -2.23. The third-order valence-electron chi connectivity index (χ3n) is 3.59. The van der Waals surface area contributed by atoms with Gasteiger partial charge in [0, 0.05) is 12.8 Å². The van der Waals surface area contributed by atoms with E-state index in [1.54, 1.807) is 37.3 Å². The lowest BCUT2D eigenvalue weighted by Gasteiger charge is -2.10. The Morgan fingerprint density at radius 1 is 1.08 bits per heavy atom. The van der Waals surface area contributed by atoms with Crippen LogP contribution in [0.2, 0.25) is 0 Å². The predicted molar refractivity (Wildman–Crippen MR) is 93.7 cm³/mol. The molecule has 0 saturated carbocycles. The van der Waals surface area contributed by atoms with E-state index < -0.39 is 9.84 Å². The zero-order valence-corrected chi connectivity index (χ0v) is 14.8. The van der Waals surface area contributed by atoms with Crippen molar-refractivity contribution in [2.45, 2.75) is 26.1 Å². The minimum atomic E-state index is -3.06. The third-order valence-corrected chi connectivity index (χ3v) is 4.45. The second kappa shape index (κ2) is 7.05. The molecule has 1 amide bonds. The van der Waals surface area contributed by atoms with Gasteiger partial charge in [0.25, 0.3) is 5.91 Å². The van der Waals surface area contributed by atoms with Crippen LogP contribution in [0.5, 0.6) is 5.75 Å². The number of hydrogen-bond acceptors (Lipinski definition) is 4. The predicted octanol–water partition coefficient (Wildman–Crippen LogP) is 2.48. The van der Waals surface area contributed by atoms with E-state index in [2.05, 4.69) is 5.32 Å². The van der Waals surface area contributed by atoms with Crippen molar-refractivity contribution in [2.24, 2.45) is 0 Å². The molecule has 24 heavy (non-hydrogen) atoms. The minimum Gasteiger partial charge on any atom is -0.507 e. The molecular weight excluding hydrogens is 326 g/mol. The quantitative estimate of drug-likeness (QED) is 0.870. The summed E-state index contributed by atoms with van der Waals surface area (Å²) in [6.07, 6.45) is 1.19. The third kappa shape index (κ3) is 4.83. The lowest BCUT2D eigenvalue weighted by molar-refractivity contribution is 0.0948. The van der Waals surface area contributed by atoms with Crippen molar-refractivity contribution in [3.8, 4) is 5.75 Å². The first kappa shape index (κ1) is 18.0. The lowest BCUT2D eigenvalue weighted by atomic mass is 10.0. The van der Waals surface area contributed by atoms with Crippen molar-refractivity contribution in [3.05, 3.63) is 64.2 Å². The highest BCUT2D eigenvalue weighted by Crippen LogP contribution is 2.23. The highest BCUT2D eigenvalue weighted by Gasteiger charge is 2.13. The van der Waals surface area contributed by atoms with Gasteiger partial charge in [-0.15, -0.1) is 0 Å². The molecule has 0 spiro atoms. The summed E-state index contributed by atoms with van der Waals surface area (Å²) in [7, 11) is -3.06. The van der Waals surface area contributed by atoms with Gasteiger partial charge >= 0.3 is 0 Å². The van der Waals surface area contributed by atoms with E-state index in [1.165, 1.54) is 6.26 Å². The van der Waals surface area contributed by atoms with E-state index in [0.29, 0.717) is 17.7 Å². The summed E-state index contributed by atoms with van der Waals surface area (Å²) in [6, 6.07) is 10.5. The van der Waals surface area contributed by atoms with Crippen LogP contribution in [0.25, 0.3) is 0 Å². The number of nitrogens with one attached hydrogen (secondary N) is 1. The molecule has 0 aromatic heterocycles. The van der Waals surface area contributed by atoms with E-state index in [1.807, 2.05) is 13.0 Å². The zero-order chi connectivity index (χ0) is 17.9. The van der Waals surface area contributed by atoms with E-state index in [9.17, 15) is 18.3 Å². The number of carbonyl (C=O) groups excluding carboxylic acids is 1. The average Bonchev–Trinajstić information content (AvgIpc) is 2.48. The molecule has 2 rings (SSSR count). The second-order valence-electron chi connectivity index (χ2n) is 6.05. The summed E-state index contributed by atoms with van der Waals surface area (Å²) in [6.45, 7) is 3.91. The molecular formula is C18H21NO4S. The van der Waals surface area contributed by atoms with Gasteiger partial charge in [-0.3, -0.25) is 4.79 Å². The van der Waals surface area contributed by atoms with Crippen LogP contribution in [0.4, 0.5) is 0 Å². The summed E-state index contributed by atoms with van der Waals surface area (Å²) < 4.78 is 22.5. The van der Waals surface area contributed by atoms with Crippen LogP contribution in [0.15, 0.2) is 36.4 Å². The van der Waals surface area contributed by atoms with Gasteiger partial charge in [0.15, 0.2) is 9.84 Å². The molecule has 2 aromatic carbocycles. The molecule has 0 heterocycles. The van der Waals surface area contributed by atoms with Crippen LogP contribution in [0, 0.1) is 13.8 Å². The maximum atomic E-state index is 12.2. The summed E-state index contributed by atoms with van der Waals surface area (Å²) in [5.74, 6) is -0.364. The molecule has 2 aromatic rings. The molecule has 6 heteroatoms. The highest BCUT2D eigenvalue weighted by molar-refractivity contribution is 7.89. The van der Waals surface area contributed by atoms with Crippen molar-refractivity contribution < 1.29 is 18.3 Å². The van der Waals surface area contributed by atoms with Crippen molar-refractivity contribution in [1.82, 2.24) is 5.32 Å². The summed E-state index contributed by atoms with van der Waals surface area (Å²) >= 11 is 0. The van der Waals surface area contributed by atoms with E-state index in [4.69, 9.17) is 0 Å². The number of aromatic hydroxyl groups is 1. The molecule has 0 radical (unpaired) electrons. The molecule has 2 N–H and O–H groups in total. The van der Waals surface area contributed by atoms with E-state index in [0.717, 1.165) is 11.1 Å². The molecule has 0 saturated heterocycles. The number of aryl methyl sites for hydroxylation is 2. The van der Waals surface area contributed by atoms with Crippen LogP contribution in [-0.2, 0) is 22.1 Å². The van der Waals surface area contributed by atoms with Gasteiger partial charge < -0.3 is 10.4 Å². The van der Waals surface area contributed by atoms with E-state index in [-0.39, 0.29) is 23.0 Å². The van der Waals surface area contributed by atoms with Crippen LogP contribution in [0.1, 0.15) is 32.6 Å². The van der Waals surface area contributed by atoms with Crippen molar-refractivity contribution in [2.75, 3.05) is 6.26 Å². The zero-order valence-electron chi connectivity index (χ0n) is 14.0. The second-order valence-corrected chi connectivity index (χ2v) is 8.19. The number of phenolic OH excluding ortho intramolecular Hbond substituents is 1. The first-order chi connectivity index (χ1) is 11.2. The fourth-order valence-electron chi connectivity index (χ4n) is 2.47. The van der Waals surface area contributed by atoms with Crippen LogP contribution >= 0.6 is 0 Å². The molecule has 0 fully saturated rings. The Hall–Kier alpha value is -2.34. The van der Waals surface area contributed by atoms with Gasteiger partial charge in [0.2, 0.25) is 0 Å². The van der Waals surface area contributed by atoms with Crippen molar-refractivity contribution >= 4 is 15.7 Å². The van der Waals surface area contributed by atoms with Gasteiger partial charge in [-0.25, -0.2) is 8.42 Å². The average molecular weight is 347 g/mol. The number of amides is 1. The smallest absolute Gasteiger partial charge is 0.255 e. The standard InChI is InChI=1S/C18H21NO4S/c1-12-8-13(2)17(20)16(9-12)18(21)19-10-14-4-6-15(7-5-14)11-24(3,22)23/h4-9,20H,10-11H2,1-3H3,(H,19,21). The molecule has 0 bridgehead atoms. The number of benzene rings is 2. The van der Waals surface area contributed by atoms with Gasteiger partial charge in [-0.1, -0.05) is 30.3 Å². The SMILES string of the molecule is Cc1cc(C)c(O)c(C(=O)NCc2ccc(CS(C)(=O)=O)cc2)c1. The number of rotatable bonds is 5. The number of carbonyl (C=O) groups is 1. The first-order valence-electron chi connectivity index (χ1n) is 7.49. The highest BCUT2D eigenvalue weighted by atomic mass is 32.2. The molecule has 0 aliphatic rings. The summed E-state index contributed by atoms with van der Waals surface area (Å²) in [5.41, 5.74) is 3.37. The maximum absolute atomic E-state index is 12.2. The van der Waals surface area contributed by atoms with Gasteiger partial charge in [-0.2, -0.15) is 0 Å². The van der Waals surface area contributed by atoms with Crippen LogP contribution < -0.4 is 5.32 Å². The summed E-state index contributed by atoms with van der Waals surface area (Å²) in [4.78, 5) is 12.2. The topological polar surface area (TPSA) is 83.5 Å². The Kier molecular flexibility index (Phi) is 5.29. The first-order valence-corrected chi connectivity index (χ1v) is 9.56. The van der Waals surface area contributed by atoms with Crippen LogP contribution in [0.3, 0.4) is 0 Å². The van der Waals surface area contributed by atoms with Crippen LogP contribution in [-0.4, -0.2) is 25.7 Å². The van der Waals surface area contributed by atoms with Gasteiger partial charge in [0.05, 0.1) is 11.3 Å². The Morgan fingerprint density at radius 2 is 1.67 bits per heavy atom. The molecule has 0 aliphatic heterocycles. The molecule has 128 valence electrons. The number of hydrogen-bond donors (Lipinski definition) is 2. The Bertz CT molecular complexity index is 855. The fraction of sp³-hybridized carbons (Fsp3) is 0.278. The monoisotopic (exact) mass is 347 g/mol. The van der Waals surface area contributed by atoms with Gasteiger partial charge in [0.1, 0.15) is 5.75 Å². The Morgan fingerprint density at radius 3 is 2.25 bits per heavy atom. The molecule has 0 unspecified atom stereocenters. The minimum absolute atomic E-state index is 0.00389. The fourth-order valence-corrected chi connectivity index (χ4v) is 3.26. The Labute approximate surface area is 142 Å².